The van der Waals surface area contributed by atoms with Crippen molar-refractivity contribution in [3.05, 3.63) is 314 Å². The van der Waals surface area contributed by atoms with Gasteiger partial charge in [-0.3, -0.25) is 4.98 Å². The molecule has 0 fully saturated rings. The third-order valence-electron chi connectivity index (χ3n) is 19.3. The summed E-state index contributed by atoms with van der Waals surface area (Å²) < 4.78 is 12.4. The second-order valence-electron chi connectivity index (χ2n) is 24.1. The Balaban J connectivity index is 0.854. The molecule has 0 saturated heterocycles. The van der Waals surface area contributed by atoms with E-state index in [1.807, 2.05) is 22.7 Å². The van der Waals surface area contributed by atoms with Gasteiger partial charge in [-0.15, -0.1) is 22.7 Å². The van der Waals surface area contributed by atoms with Crippen molar-refractivity contribution >= 4 is 128 Å². The van der Waals surface area contributed by atoms with Crippen molar-refractivity contribution in [1.82, 2.24) is 18.7 Å². The quantitative estimate of drug-likeness (QED) is 0.156. The van der Waals surface area contributed by atoms with Gasteiger partial charge in [0.15, 0.2) is 0 Å². The molecule has 1 aliphatic rings. The van der Waals surface area contributed by atoms with Gasteiger partial charge in [0, 0.05) is 90.6 Å². The zero-order valence-corrected chi connectivity index (χ0v) is 50.1. The van der Waals surface area contributed by atoms with Gasteiger partial charge in [-0.05, 0) is 148 Å². The first-order chi connectivity index (χ1) is 44.6. The maximum Gasteiger partial charge on any atom is 0.0714 e. The van der Waals surface area contributed by atoms with Gasteiger partial charge in [0.05, 0.1) is 55.1 Å². The number of benzene rings is 13. The highest BCUT2D eigenvalue weighted by molar-refractivity contribution is 7.26. The highest BCUT2D eigenvalue weighted by Gasteiger charge is 2.33. The van der Waals surface area contributed by atoms with Crippen LogP contribution in [0.5, 0.6) is 0 Å². The van der Waals surface area contributed by atoms with Crippen molar-refractivity contribution < 1.29 is 0 Å². The fraction of sp³-hybridized carbons (Fsp3) is 0.0119. The molecule has 13 aromatic carbocycles. The second-order valence-corrected chi connectivity index (χ2v) is 26.2. The normalized spacial score (nSPS) is 12.6. The summed E-state index contributed by atoms with van der Waals surface area (Å²) in [5, 5.41) is 12.4. The number of thiophene rings is 2. The van der Waals surface area contributed by atoms with Crippen molar-refractivity contribution in [2.24, 2.45) is 0 Å². The molecule has 6 heteroatoms. The molecule has 0 unspecified atom stereocenters. The van der Waals surface area contributed by atoms with Crippen LogP contribution in [0.4, 0.5) is 0 Å². The summed E-state index contributed by atoms with van der Waals surface area (Å²) in [4.78, 5) is 6.09. The Kier molecular flexibility index (Phi) is 10.6. The van der Waals surface area contributed by atoms with E-state index in [1.54, 1.807) is 0 Å². The SMILES string of the molecule is c1cc(-c2cc(-c3cc4c(sc5ccc(-n6c7ccccc7c7ccccc76)cc54)c(C4c5ccccc5-c5ccccc54)n3)cc(-n3c4ccccc4c4cc(-n5c6ccccc6c6ccccc65)ccc43)c2)cc(-c2cccc3c2sc2ccccc23)c1. The van der Waals surface area contributed by atoms with Gasteiger partial charge in [-0.1, -0.05) is 194 Å². The molecule has 0 amide bonds. The summed E-state index contributed by atoms with van der Waals surface area (Å²) >= 11 is 3.75. The van der Waals surface area contributed by atoms with Crippen molar-refractivity contribution in [2.75, 3.05) is 0 Å². The van der Waals surface area contributed by atoms with Crippen LogP contribution in [-0.4, -0.2) is 18.7 Å². The summed E-state index contributed by atoms with van der Waals surface area (Å²) in [6.45, 7) is 0. The molecule has 0 saturated carbocycles. The first kappa shape index (κ1) is 49.9. The van der Waals surface area contributed by atoms with Gasteiger partial charge < -0.3 is 13.7 Å². The van der Waals surface area contributed by atoms with Crippen LogP contribution >= 0.6 is 22.7 Å². The number of rotatable bonds is 7. The Morgan fingerprint density at radius 3 is 1.34 bits per heavy atom. The van der Waals surface area contributed by atoms with Gasteiger partial charge in [0.1, 0.15) is 0 Å². The molecular formula is C84H50N4S2. The van der Waals surface area contributed by atoms with E-state index in [0.717, 1.165) is 56.2 Å². The molecule has 0 aliphatic heterocycles. The predicted molar refractivity (Wildman–Crippen MR) is 382 cm³/mol. The average Bonchev–Trinajstić information content (AvgIpc) is 1.75. The summed E-state index contributed by atoms with van der Waals surface area (Å²) in [5.74, 6) is -0.0817. The number of fused-ring (bicyclic) bond motifs is 18. The first-order valence-electron chi connectivity index (χ1n) is 30.9. The number of aromatic nitrogens is 4. The minimum atomic E-state index is -0.0817. The van der Waals surface area contributed by atoms with Crippen LogP contribution in [0.1, 0.15) is 22.7 Å². The molecular weight excluding hydrogens is 1130 g/mol. The van der Waals surface area contributed by atoms with Crippen LogP contribution in [-0.2, 0) is 0 Å². The molecule has 0 spiro atoms. The van der Waals surface area contributed by atoms with Crippen LogP contribution in [0.25, 0.3) is 167 Å². The van der Waals surface area contributed by atoms with Crippen LogP contribution in [0.15, 0.2) is 297 Å². The molecule has 0 N–H and O–H groups in total. The molecule has 90 heavy (non-hydrogen) atoms. The van der Waals surface area contributed by atoms with Crippen molar-refractivity contribution in [3.63, 3.8) is 0 Å². The lowest BCUT2D eigenvalue weighted by Gasteiger charge is -2.18. The molecule has 6 heterocycles. The van der Waals surface area contributed by atoms with Crippen LogP contribution in [0, 0.1) is 0 Å². The van der Waals surface area contributed by atoms with E-state index >= 15 is 0 Å². The summed E-state index contributed by atoms with van der Waals surface area (Å²) in [6.07, 6.45) is 0. The molecule has 4 nitrogen and oxygen atoms in total. The van der Waals surface area contributed by atoms with Crippen molar-refractivity contribution in [1.29, 1.82) is 0 Å². The maximum absolute atomic E-state index is 6.09. The highest BCUT2D eigenvalue weighted by atomic mass is 32.1. The van der Waals surface area contributed by atoms with E-state index in [0.29, 0.717) is 0 Å². The van der Waals surface area contributed by atoms with Gasteiger partial charge in [0.2, 0.25) is 0 Å². The molecule has 1 aliphatic carbocycles. The molecule has 418 valence electrons. The zero-order chi connectivity index (χ0) is 58.7. The highest BCUT2D eigenvalue weighted by Crippen LogP contribution is 2.52. The van der Waals surface area contributed by atoms with E-state index < -0.39 is 0 Å². The largest absolute Gasteiger partial charge is 0.309 e. The number of pyridine rings is 1. The number of hydrogen-bond acceptors (Lipinski definition) is 3. The monoisotopic (exact) mass is 1180 g/mol. The zero-order valence-electron chi connectivity index (χ0n) is 48.5. The Bertz CT molecular complexity index is 6110. The lowest BCUT2D eigenvalue weighted by atomic mass is 9.91. The van der Waals surface area contributed by atoms with Crippen LogP contribution in [0.2, 0.25) is 0 Å². The number of nitrogens with zero attached hydrogens (tertiary/aromatic N) is 4. The number of hydrogen-bond donors (Lipinski definition) is 0. The molecule has 20 rings (SSSR count). The maximum atomic E-state index is 6.09. The average molecular weight is 1180 g/mol. The topological polar surface area (TPSA) is 27.7 Å². The van der Waals surface area contributed by atoms with E-state index in [9.17, 15) is 0 Å². The van der Waals surface area contributed by atoms with Crippen molar-refractivity contribution in [2.45, 2.75) is 5.92 Å². The Morgan fingerprint density at radius 1 is 0.256 bits per heavy atom. The Labute approximate surface area is 525 Å². The van der Waals surface area contributed by atoms with Gasteiger partial charge in [0.25, 0.3) is 0 Å². The van der Waals surface area contributed by atoms with Gasteiger partial charge in [-0.25, -0.2) is 0 Å². The predicted octanol–water partition coefficient (Wildman–Crippen LogP) is 23.3. The molecule has 19 aromatic rings. The minimum absolute atomic E-state index is 0.0817. The Morgan fingerprint density at radius 2 is 0.700 bits per heavy atom. The van der Waals surface area contributed by atoms with Gasteiger partial charge in [-0.2, -0.15) is 0 Å². The molecule has 0 radical (unpaired) electrons. The molecule has 0 atom stereocenters. The molecule has 0 bridgehead atoms. The van der Waals surface area contributed by atoms with Crippen LogP contribution in [0.3, 0.4) is 0 Å². The van der Waals surface area contributed by atoms with Crippen LogP contribution < -0.4 is 0 Å². The van der Waals surface area contributed by atoms with E-state index in [1.165, 1.54) is 128 Å². The van der Waals surface area contributed by atoms with Crippen molar-refractivity contribution in [3.8, 4) is 61.7 Å². The summed E-state index contributed by atoms with van der Waals surface area (Å²) in [6, 6.07) is 111. The third-order valence-corrected chi connectivity index (χ3v) is 21.7. The smallest absolute Gasteiger partial charge is 0.0714 e. The lowest BCUT2D eigenvalue weighted by molar-refractivity contribution is 0.968. The third kappa shape index (κ3) is 7.26. The lowest BCUT2D eigenvalue weighted by Crippen LogP contribution is -2.04. The summed E-state index contributed by atoms with van der Waals surface area (Å²) in [5.41, 5.74) is 23.3. The Hall–Kier alpha value is -11.2. The van der Waals surface area contributed by atoms with E-state index in [4.69, 9.17) is 4.98 Å². The fourth-order valence-corrected chi connectivity index (χ4v) is 17.8. The molecule has 6 aromatic heterocycles. The number of para-hydroxylation sites is 5. The van der Waals surface area contributed by atoms with E-state index in [-0.39, 0.29) is 5.92 Å². The standard InChI is InChI=1S/C84H50N4S2/c1-3-29-66-58(21-1)59-22-2-4-30-67(59)81(66)82-84-71(70-48-55(40-42-80(70)90-84)87-75-35-13-7-25-62(75)63-26-8-14-36-76(63)87)49-72(85-82)53-44-52(50-19-17-20-51(43-50)57-31-18-32-68-65-28-10-16-38-79(65)89-83(57)68)45-56(46-53)88-77-37-15-9-27-64(77)69-47-54(39-41-78(69)88)86-73-33-11-5-23-60(73)61-24-6-12-34-74(61)86/h1-49,81H. The first-order valence-corrected chi connectivity index (χ1v) is 32.5. The fourth-order valence-electron chi connectivity index (χ4n) is 15.4. The van der Waals surface area contributed by atoms with Gasteiger partial charge >= 0.3 is 0 Å². The minimum Gasteiger partial charge on any atom is -0.309 e. The summed E-state index contributed by atoms with van der Waals surface area (Å²) in [7, 11) is 0. The second kappa shape index (κ2) is 19.2. The van der Waals surface area contributed by atoms with E-state index in [2.05, 4.69) is 311 Å².